The van der Waals surface area contributed by atoms with Gasteiger partial charge in [-0.25, -0.2) is 0 Å². The zero-order valence-corrected chi connectivity index (χ0v) is 14.3. The van der Waals surface area contributed by atoms with Gasteiger partial charge < -0.3 is 0 Å². The quantitative estimate of drug-likeness (QED) is 0.517. The molecule has 1 aliphatic rings. The third-order valence-corrected chi connectivity index (χ3v) is 5.24. The number of hydrogen-bond donors (Lipinski definition) is 0. The first-order valence-corrected chi connectivity index (χ1v) is 8.81. The van der Waals surface area contributed by atoms with Crippen molar-refractivity contribution in [3.63, 3.8) is 0 Å². The number of fused-ring (bicyclic) bond motifs is 1. The number of nitrogens with zero attached hydrogens (tertiary/aromatic N) is 1. The van der Waals surface area contributed by atoms with Gasteiger partial charge >= 0.3 is 0 Å². The molecule has 1 nitrogen and oxygen atoms in total. The Kier molecular flexibility index (Phi) is 4.06. The van der Waals surface area contributed by atoms with Crippen molar-refractivity contribution < 1.29 is 0 Å². The van der Waals surface area contributed by atoms with Gasteiger partial charge in [0, 0.05) is 9.80 Å². The highest BCUT2D eigenvalue weighted by Crippen LogP contribution is 2.40. The lowest BCUT2D eigenvalue weighted by atomic mass is 10.0. The average molecular weight is 327 g/mol. The molecule has 0 aliphatic carbocycles. The van der Waals surface area contributed by atoms with Gasteiger partial charge in [-0.1, -0.05) is 78.5 Å². The highest BCUT2D eigenvalue weighted by molar-refractivity contribution is 8.04. The molecule has 0 aromatic heterocycles. The second-order valence-corrected chi connectivity index (χ2v) is 6.85. The van der Waals surface area contributed by atoms with Crippen LogP contribution in [-0.2, 0) is 0 Å². The number of allylic oxidation sites excluding steroid dienone is 1. The fourth-order valence-electron chi connectivity index (χ4n) is 2.75. The van der Waals surface area contributed by atoms with Crippen LogP contribution >= 0.6 is 11.8 Å². The Morgan fingerprint density at radius 1 is 0.750 bits per heavy atom. The van der Waals surface area contributed by atoms with Crippen LogP contribution in [0.4, 0.5) is 5.69 Å². The molecule has 116 valence electrons. The van der Waals surface area contributed by atoms with E-state index < -0.39 is 0 Å². The molecule has 3 aromatic carbocycles. The average Bonchev–Trinajstić information content (AvgIpc) is 2.64. The Morgan fingerprint density at radius 2 is 1.42 bits per heavy atom. The predicted molar refractivity (Wildman–Crippen MR) is 105 cm³/mol. The normalized spacial score (nSPS) is 15.0. The third kappa shape index (κ3) is 3.06. The minimum absolute atomic E-state index is 1.07. The highest BCUT2D eigenvalue weighted by Gasteiger charge is 2.14. The van der Waals surface area contributed by atoms with Crippen molar-refractivity contribution in [3.05, 3.63) is 89.3 Å². The lowest BCUT2D eigenvalue weighted by Gasteiger charge is -2.15. The van der Waals surface area contributed by atoms with Gasteiger partial charge in [0.25, 0.3) is 0 Å². The molecule has 1 aliphatic heterocycles. The van der Waals surface area contributed by atoms with Gasteiger partial charge in [-0.2, -0.15) is 0 Å². The fraction of sp³-hybridized carbons (Fsp3) is 0.0455. The molecule has 0 fully saturated rings. The van der Waals surface area contributed by atoms with Gasteiger partial charge in [0.2, 0.25) is 0 Å². The summed E-state index contributed by atoms with van der Waals surface area (Å²) in [5, 5.41) is 0. The molecule has 2 heteroatoms. The molecule has 4 rings (SSSR count). The van der Waals surface area contributed by atoms with Crippen LogP contribution in [0.1, 0.15) is 12.5 Å². The SMILES string of the molecule is CC1=Nc2ccccc2SC1=Cc1ccc(-c2ccccc2)cc1. The number of rotatable bonds is 2. The van der Waals surface area contributed by atoms with E-state index in [0.29, 0.717) is 0 Å². The summed E-state index contributed by atoms with van der Waals surface area (Å²) >= 11 is 1.79. The Labute approximate surface area is 146 Å². The summed E-state index contributed by atoms with van der Waals surface area (Å²) in [4.78, 5) is 7.14. The predicted octanol–water partition coefficient (Wildman–Crippen LogP) is 6.59. The van der Waals surface area contributed by atoms with Gasteiger partial charge in [-0.05, 0) is 41.8 Å². The molecule has 24 heavy (non-hydrogen) atoms. The first-order chi connectivity index (χ1) is 11.8. The van der Waals surface area contributed by atoms with E-state index in [2.05, 4.69) is 79.7 Å². The Hall–Kier alpha value is -2.58. The summed E-state index contributed by atoms with van der Waals surface area (Å²) in [6, 6.07) is 27.4. The molecule has 0 radical (unpaired) electrons. The van der Waals surface area contributed by atoms with Crippen LogP contribution in [0.25, 0.3) is 17.2 Å². The Balaban J connectivity index is 1.63. The summed E-state index contributed by atoms with van der Waals surface area (Å²) in [5.74, 6) is 0. The molecule has 0 amide bonds. The maximum absolute atomic E-state index is 4.72. The van der Waals surface area contributed by atoms with Crippen LogP contribution in [0, 0.1) is 0 Å². The van der Waals surface area contributed by atoms with Crippen molar-refractivity contribution in [2.75, 3.05) is 0 Å². The van der Waals surface area contributed by atoms with E-state index in [1.54, 1.807) is 11.8 Å². The van der Waals surface area contributed by atoms with Crippen molar-refractivity contribution in [2.24, 2.45) is 4.99 Å². The van der Waals surface area contributed by atoms with Gasteiger partial charge in [-0.15, -0.1) is 0 Å². The number of hydrogen-bond acceptors (Lipinski definition) is 2. The van der Waals surface area contributed by atoms with E-state index in [-0.39, 0.29) is 0 Å². The summed E-state index contributed by atoms with van der Waals surface area (Å²) in [6.45, 7) is 2.08. The zero-order chi connectivity index (χ0) is 16.4. The number of benzene rings is 3. The standard InChI is InChI=1S/C22H17NS/c1-16-22(24-21-10-6-5-9-20(21)23-16)15-17-11-13-19(14-12-17)18-7-3-2-4-8-18/h2-15H,1H3. The molecule has 0 unspecified atom stereocenters. The third-order valence-electron chi connectivity index (χ3n) is 4.05. The topological polar surface area (TPSA) is 12.4 Å². The minimum atomic E-state index is 1.07. The van der Waals surface area contributed by atoms with Crippen LogP contribution in [0.5, 0.6) is 0 Å². The van der Waals surface area contributed by atoms with Crippen LogP contribution in [-0.4, -0.2) is 5.71 Å². The highest BCUT2D eigenvalue weighted by atomic mass is 32.2. The van der Waals surface area contributed by atoms with Crippen molar-refractivity contribution in [1.82, 2.24) is 0 Å². The van der Waals surface area contributed by atoms with Crippen molar-refractivity contribution in [1.29, 1.82) is 0 Å². The summed E-state index contributed by atoms with van der Waals surface area (Å²) in [6.07, 6.45) is 2.22. The summed E-state index contributed by atoms with van der Waals surface area (Å²) in [7, 11) is 0. The minimum Gasteiger partial charge on any atom is -0.251 e. The van der Waals surface area contributed by atoms with Crippen molar-refractivity contribution >= 4 is 29.2 Å². The van der Waals surface area contributed by atoms with Gasteiger partial charge in [0.15, 0.2) is 0 Å². The maximum Gasteiger partial charge on any atom is 0.0772 e. The molecule has 0 saturated carbocycles. The lowest BCUT2D eigenvalue weighted by Crippen LogP contribution is -1.98. The molecule has 3 aromatic rings. The number of aliphatic imine (C=N–C) groups is 1. The van der Waals surface area contributed by atoms with E-state index in [1.165, 1.54) is 26.5 Å². The van der Waals surface area contributed by atoms with Crippen molar-refractivity contribution in [3.8, 4) is 11.1 Å². The lowest BCUT2D eigenvalue weighted by molar-refractivity contribution is 1.35. The smallest absolute Gasteiger partial charge is 0.0772 e. The van der Waals surface area contributed by atoms with Crippen LogP contribution in [0.15, 0.2) is 93.7 Å². The molecule has 1 heterocycles. The van der Waals surface area contributed by atoms with E-state index >= 15 is 0 Å². The first-order valence-electron chi connectivity index (χ1n) is 7.99. The fourth-order valence-corrected chi connectivity index (χ4v) is 3.74. The van der Waals surface area contributed by atoms with Crippen LogP contribution < -0.4 is 0 Å². The van der Waals surface area contributed by atoms with E-state index in [9.17, 15) is 0 Å². The van der Waals surface area contributed by atoms with Crippen LogP contribution in [0.3, 0.4) is 0 Å². The molecule has 0 N–H and O–H groups in total. The van der Waals surface area contributed by atoms with Crippen LogP contribution in [0.2, 0.25) is 0 Å². The van der Waals surface area contributed by atoms with E-state index in [4.69, 9.17) is 4.99 Å². The Bertz CT molecular complexity index is 922. The molecule has 0 saturated heterocycles. The number of thioether (sulfide) groups is 1. The van der Waals surface area contributed by atoms with E-state index in [0.717, 1.165) is 11.4 Å². The molecule has 0 atom stereocenters. The molecular formula is C22H17NS. The number of para-hydroxylation sites is 1. The molecule has 0 bridgehead atoms. The Morgan fingerprint density at radius 3 is 2.21 bits per heavy atom. The second-order valence-electron chi connectivity index (χ2n) is 5.76. The van der Waals surface area contributed by atoms with Gasteiger partial charge in [0.05, 0.1) is 11.4 Å². The first kappa shape index (κ1) is 15.0. The van der Waals surface area contributed by atoms with Gasteiger partial charge in [-0.3, -0.25) is 4.99 Å². The second kappa shape index (κ2) is 6.50. The van der Waals surface area contributed by atoms with Crippen molar-refractivity contribution in [2.45, 2.75) is 11.8 Å². The monoisotopic (exact) mass is 327 g/mol. The molecule has 0 spiro atoms. The summed E-state index contributed by atoms with van der Waals surface area (Å²) < 4.78 is 0. The zero-order valence-electron chi connectivity index (χ0n) is 13.4. The largest absolute Gasteiger partial charge is 0.251 e. The molecular weight excluding hydrogens is 310 g/mol. The van der Waals surface area contributed by atoms with E-state index in [1.807, 2.05) is 12.1 Å². The maximum atomic E-state index is 4.72. The summed E-state index contributed by atoms with van der Waals surface area (Å²) in [5.41, 5.74) is 5.83. The van der Waals surface area contributed by atoms with Gasteiger partial charge in [0.1, 0.15) is 0 Å².